The van der Waals surface area contributed by atoms with Crippen molar-refractivity contribution in [2.75, 3.05) is 0 Å². The van der Waals surface area contributed by atoms with E-state index in [1.807, 2.05) is 0 Å². The molecule has 1 atom stereocenters. The van der Waals surface area contributed by atoms with Crippen LogP contribution in [0.4, 0.5) is 0 Å². The molecule has 0 rings (SSSR count). The van der Waals surface area contributed by atoms with Gasteiger partial charge in [0.15, 0.2) is 0 Å². The first-order valence-electron chi connectivity index (χ1n) is 4.40. The van der Waals surface area contributed by atoms with Crippen molar-refractivity contribution < 1.29 is 0 Å². The fourth-order valence-electron chi connectivity index (χ4n) is 1.14. The third kappa shape index (κ3) is 10.7. The maximum Gasteiger partial charge on any atom is 2.00 e. The van der Waals surface area contributed by atoms with Gasteiger partial charge in [-0.1, -0.05) is 47.0 Å². The average Bonchev–Trinajstić information content (AvgIpc) is 1.86. The zero-order valence-corrected chi connectivity index (χ0v) is 10.8. The smallest absolute Gasteiger partial charge is 0.657 e. The summed E-state index contributed by atoms with van der Waals surface area (Å²) in [5, 5.41) is 4.59. The van der Waals surface area contributed by atoms with Crippen molar-refractivity contribution in [2.24, 2.45) is 0 Å². The zero-order chi connectivity index (χ0) is 7.98. The van der Waals surface area contributed by atoms with Crippen molar-refractivity contribution in [1.29, 1.82) is 0 Å². The molecule has 0 bridgehead atoms. The number of hydrogen-bond acceptors (Lipinski definition) is 0. The Hall–Kier alpha value is 0.726. The number of hydrogen-bond donors (Lipinski definition) is 0. The second-order valence-electron chi connectivity index (χ2n) is 3.09. The number of nitrogens with zero attached hydrogens (tertiary/aromatic N) is 1. The molecular formula is C10H23MgN. The van der Waals surface area contributed by atoms with Gasteiger partial charge in [0.2, 0.25) is 0 Å². The Bertz CT molecular complexity index is 74.2. The molecule has 70 valence electrons. The topological polar surface area (TPSA) is 14.1 Å². The van der Waals surface area contributed by atoms with E-state index < -0.39 is 0 Å². The molecule has 1 unspecified atom stereocenters. The van der Waals surface area contributed by atoms with Gasteiger partial charge in [0.1, 0.15) is 0 Å². The monoisotopic (exact) mass is 181 g/mol. The van der Waals surface area contributed by atoms with Crippen molar-refractivity contribution in [1.82, 2.24) is 0 Å². The summed E-state index contributed by atoms with van der Waals surface area (Å²) in [5.41, 5.74) is 0. The summed E-state index contributed by atoms with van der Waals surface area (Å²) in [6.07, 6.45) is 3.72. The van der Waals surface area contributed by atoms with Crippen LogP contribution in [0.2, 0.25) is 0 Å². The molecule has 0 saturated heterocycles. The molecule has 0 amide bonds. The Kier molecular flexibility index (Phi) is 18.1. The second kappa shape index (κ2) is 11.7. The molecule has 0 spiro atoms. The Balaban J connectivity index is -0.000000405. The number of rotatable bonds is 5. The minimum atomic E-state index is 0. The molecule has 0 aromatic rings. The fourth-order valence-corrected chi connectivity index (χ4v) is 1.14. The van der Waals surface area contributed by atoms with Gasteiger partial charge in [-0.25, -0.2) is 0 Å². The van der Waals surface area contributed by atoms with E-state index in [0.717, 1.165) is 0 Å². The Morgan fingerprint density at radius 3 is 1.92 bits per heavy atom. The van der Waals surface area contributed by atoms with Gasteiger partial charge in [-0.2, -0.15) is 0 Å². The summed E-state index contributed by atoms with van der Waals surface area (Å²) in [6.45, 7) is 8.74. The molecule has 0 fully saturated rings. The van der Waals surface area contributed by atoms with Crippen LogP contribution in [0.25, 0.3) is 5.32 Å². The maximum absolute atomic E-state index is 4.59. The van der Waals surface area contributed by atoms with Gasteiger partial charge < -0.3 is 12.7 Å². The second-order valence-corrected chi connectivity index (χ2v) is 3.09. The quantitative estimate of drug-likeness (QED) is 0.456. The SMILES string of the molecule is CCCC(CC)[N-]C(C)C.[CH3-].[Mg+2]. The molecule has 0 aliphatic carbocycles. The van der Waals surface area contributed by atoms with E-state index in [1.165, 1.54) is 19.3 Å². The largest absolute Gasteiger partial charge is 2.00 e. The molecule has 1 nitrogen and oxygen atoms in total. The van der Waals surface area contributed by atoms with Crippen LogP contribution in [0.3, 0.4) is 0 Å². The van der Waals surface area contributed by atoms with Crippen LogP contribution in [0.15, 0.2) is 0 Å². The molecule has 2 heteroatoms. The van der Waals surface area contributed by atoms with E-state index in [0.29, 0.717) is 12.1 Å². The molecule has 12 heavy (non-hydrogen) atoms. The van der Waals surface area contributed by atoms with Crippen LogP contribution < -0.4 is 0 Å². The Morgan fingerprint density at radius 2 is 1.67 bits per heavy atom. The van der Waals surface area contributed by atoms with Gasteiger partial charge in [0.25, 0.3) is 0 Å². The predicted molar refractivity (Wildman–Crippen MR) is 59.7 cm³/mol. The Labute approximate surface area is 94.8 Å². The summed E-state index contributed by atoms with van der Waals surface area (Å²) < 4.78 is 0. The molecule has 0 saturated carbocycles. The zero-order valence-electron chi connectivity index (χ0n) is 9.43. The van der Waals surface area contributed by atoms with Gasteiger partial charge in [-0.3, -0.25) is 0 Å². The van der Waals surface area contributed by atoms with Gasteiger partial charge in [-0.05, 0) is 0 Å². The third-order valence-corrected chi connectivity index (χ3v) is 1.60. The average molecular weight is 182 g/mol. The van der Waals surface area contributed by atoms with Crippen molar-refractivity contribution in [3.8, 4) is 0 Å². The summed E-state index contributed by atoms with van der Waals surface area (Å²) in [6, 6.07) is 1.13. The minimum absolute atomic E-state index is 0. The van der Waals surface area contributed by atoms with Crippen molar-refractivity contribution >= 4 is 23.1 Å². The van der Waals surface area contributed by atoms with E-state index in [-0.39, 0.29) is 30.5 Å². The minimum Gasteiger partial charge on any atom is -0.657 e. The summed E-state index contributed by atoms with van der Waals surface area (Å²) >= 11 is 0. The molecule has 0 radical (unpaired) electrons. The van der Waals surface area contributed by atoms with Crippen LogP contribution in [-0.4, -0.2) is 35.1 Å². The van der Waals surface area contributed by atoms with Crippen LogP contribution in [-0.2, 0) is 0 Å². The molecule has 0 aliphatic heterocycles. The van der Waals surface area contributed by atoms with Gasteiger partial charge in [0.05, 0.1) is 0 Å². The predicted octanol–water partition coefficient (Wildman–Crippen LogP) is 3.42. The van der Waals surface area contributed by atoms with Crippen molar-refractivity contribution in [3.63, 3.8) is 0 Å². The molecule has 0 aromatic heterocycles. The standard InChI is InChI=1S/C9H20N.CH3.Mg/c1-5-7-9(6-2)10-8(3)4;;/h8-9H,5-7H2,1-4H3;1H3;/q2*-1;+2. The first-order valence-corrected chi connectivity index (χ1v) is 4.40. The van der Waals surface area contributed by atoms with Crippen LogP contribution in [0, 0.1) is 7.43 Å². The first-order chi connectivity index (χ1) is 4.70. The summed E-state index contributed by atoms with van der Waals surface area (Å²) in [7, 11) is 0. The van der Waals surface area contributed by atoms with E-state index in [2.05, 4.69) is 33.0 Å². The molecule has 0 N–H and O–H groups in total. The van der Waals surface area contributed by atoms with Crippen LogP contribution in [0.5, 0.6) is 0 Å². The molecule has 0 aromatic carbocycles. The third-order valence-electron chi connectivity index (χ3n) is 1.60. The van der Waals surface area contributed by atoms with Gasteiger partial charge in [0, 0.05) is 0 Å². The molecular weight excluding hydrogens is 158 g/mol. The van der Waals surface area contributed by atoms with E-state index >= 15 is 0 Å². The van der Waals surface area contributed by atoms with E-state index in [4.69, 9.17) is 0 Å². The van der Waals surface area contributed by atoms with Gasteiger partial charge >= 0.3 is 23.1 Å². The first kappa shape index (κ1) is 18.5. The van der Waals surface area contributed by atoms with Gasteiger partial charge in [-0.15, -0.1) is 12.1 Å². The maximum atomic E-state index is 4.59. The fraction of sp³-hybridized carbons (Fsp3) is 0.900. The summed E-state index contributed by atoms with van der Waals surface area (Å²) in [5.74, 6) is 0. The van der Waals surface area contributed by atoms with Crippen molar-refractivity contribution in [3.05, 3.63) is 12.7 Å². The summed E-state index contributed by atoms with van der Waals surface area (Å²) in [4.78, 5) is 0. The van der Waals surface area contributed by atoms with E-state index in [1.54, 1.807) is 0 Å². The normalized spacial score (nSPS) is 11.8. The molecule has 0 aliphatic rings. The Morgan fingerprint density at radius 1 is 1.17 bits per heavy atom. The van der Waals surface area contributed by atoms with Crippen molar-refractivity contribution in [2.45, 2.75) is 59.0 Å². The van der Waals surface area contributed by atoms with E-state index in [9.17, 15) is 0 Å². The van der Waals surface area contributed by atoms with Crippen LogP contribution >= 0.6 is 0 Å². The molecule has 0 heterocycles. The van der Waals surface area contributed by atoms with Crippen LogP contribution in [0.1, 0.15) is 47.0 Å².